The number of hydrogen-bond donors (Lipinski definition) is 2. The van der Waals surface area contributed by atoms with Crippen LogP contribution in [0.4, 0.5) is 8.78 Å². The number of phenolic OH excluding ortho intramolecular Hbond substituents is 1. The standard InChI is InChI=1S/C23H23ClF2N2O4/c1-4-12(2)27-21(30)10-16-13(3)28(19-11-18(24)20(29)9-17(16)19)22(31)14-5-7-15(8-6-14)32-23(25)26/h5-9,11-12,23,29H,4,10H2,1-3H3,(H,27,30). The van der Waals surface area contributed by atoms with E-state index in [0.717, 1.165) is 6.42 Å². The van der Waals surface area contributed by atoms with E-state index in [2.05, 4.69) is 10.1 Å². The van der Waals surface area contributed by atoms with Gasteiger partial charge in [0, 0.05) is 22.7 Å². The first-order valence-corrected chi connectivity index (χ1v) is 10.4. The first-order valence-electron chi connectivity index (χ1n) is 10.0. The molecule has 2 N–H and O–H groups in total. The maximum atomic E-state index is 13.3. The van der Waals surface area contributed by atoms with Gasteiger partial charge in [0.2, 0.25) is 5.91 Å². The van der Waals surface area contributed by atoms with Gasteiger partial charge in [-0.05, 0) is 62.2 Å². The number of nitrogens with zero attached hydrogens (tertiary/aromatic N) is 1. The number of halogens is 3. The molecule has 0 spiro atoms. The summed E-state index contributed by atoms with van der Waals surface area (Å²) >= 11 is 6.09. The van der Waals surface area contributed by atoms with Gasteiger partial charge in [-0.2, -0.15) is 8.78 Å². The van der Waals surface area contributed by atoms with Gasteiger partial charge in [0.05, 0.1) is 17.0 Å². The molecule has 3 aromatic rings. The first kappa shape index (κ1) is 23.5. The molecular weight excluding hydrogens is 442 g/mol. The van der Waals surface area contributed by atoms with Gasteiger partial charge in [-0.25, -0.2) is 0 Å². The molecule has 6 nitrogen and oxygen atoms in total. The summed E-state index contributed by atoms with van der Waals surface area (Å²) in [7, 11) is 0. The highest BCUT2D eigenvalue weighted by molar-refractivity contribution is 6.33. The van der Waals surface area contributed by atoms with Gasteiger partial charge in [-0.1, -0.05) is 18.5 Å². The lowest BCUT2D eigenvalue weighted by Crippen LogP contribution is -2.33. The van der Waals surface area contributed by atoms with E-state index >= 15 is 0 Å². The highest BCUT2D eigenvalue weighted by atomic mass is 35.5. The molecule has 9 heteroatoms. The molecule has 0 radical (unpaired) electrons. The van der Waals surface area contributed by atoms with Gasteiger partial charge >= 0.3 is 6.61 Å². The molecule has 32 heavy (non-hydrogen) atoms. The zero-order valence-corrected chi connectivity index (χ0v) is 18.5. The second-order valence-electron chi connectivity index (χ2n) is 7.48. The molecule has 1 amide bonds. The summed E-state index contributed by atoms with van der Waals surface area (Å²) in [6, 6.07) is 8.20. The fraction of sp³-hybridized carbons (Fsp3) is 0.304. The Balaban J connectivity index is 2.06. The van der Waals surface area contributed by atoms with Crippen molar-refractivity contribution in [3.05, 3.63) is 58.2 Å². The third-order valence-electron chi connectivity index (χ3n) is 5.29. The van der Waals surface area contributed by atoms with Crippen molar-refractivity contribution in [1.82, 2.24) is 9.88 Å². The van der Waals surface area contributed by atoms with E-state index in [0.29, 0.717) is 22.2 Å². The van der Waals surface area contributed by atoms with Crippen LogP contribution in [0, 0.1) is 6.92 Å². The van der Waals surface area contributed by atoms with E-state index in [-0.39, 0.29) is 40.5 Å². The molecule has 0 aliphatic heterocycles. The van der Waals surface area contributed by atoms with Crippen molar-refractivity contribution in [1.29, 1.82) is 0 Å². The molecule has 1 unspecified atom stereocenters. The largest absolute Gasteiger partial charge is 0.506 e. The summed E-state index contributed by atoms with van der Waals surface area (Å²) < 4.78 is 30.5. The molecule has 1 atom stereocenters. The smallest absolute Gasteiger partial charge is 0.387 e. The second-order valence-corrected chi connectivity index (χ2v) is 7.89. The molecule has 3 rings (SSSR count). The van der Waals surface area contributed by atoms with Crippen LogP contribution < -0.4 is 10.1 Å². The molecule has 0 bridgehead atoms. The number of alkyl halides is 2. The Bertz CT molecular complexity index is 1160. The summed E-state index contributed by atoms with van der Waals surface area (Å²) in [5.41, 5.74) is 1.75. The fourth-order valence-electron chi connectivity index (χ4n) is 3.47. The van der Waals surface area contributed by atoms with Crippen molar-refractivity contribution < 1.29 is 28.2 Å². The lowest BCUT2D eigenvalue weighted by molar-refractivity contribution is -0.121. The molecule has 2 aromatic carbocycles. The van der Waals surface area contributed by atoms with Crippen molar-refractivity contribution in [2.24, 2.45) is 0 Å². The van der Waals surface area contributed by atoms with E-state index in [1.807, 2.05) is 13.8 Å². The maximum absolute atomic E-state index is 13.3. The normalized spacial score (nSPS) is 12.2. The lowest BCUT2D eigenvalue weighted by atomic mass is 10.1. The van der Waals surface area contributed by atoms with Crippen molar-refractivity contribution >= 4 is 34.3 Å². The predicted molar refractivity (Wildman–Crippen MR) is 118 cm³/mol. The number of carbonyl (C=O) groups is 2. The number of amides is 1. The van der Waals surface area contributed by atoms with E-state index in [4.69, 9.17) is 11.6 Å². The number of rotatable bonds is 7. The molecule has 0 fully saturated rings. The number of nitrogens with one attached hydrogen (secondary N) is 1. The lowest BCUT2D eigenvalue weighted by Gasteiger charge is -2.12. The van der Waals surface area contributed by atoms with Crippen LogP contribution in [0.3, 0.4) is 0 Å². The van der Waals surface area contributed by atoms with E-state index in [9.17, 15) is 23.5 Å². The molecule has 0 aliphatic rings. The predicted octanol–water partition coefficient (Wildman–Crippen LogP) is 5.06. The van der Waals surface area contributed by atoms with Crippen LogP contribution in [0.5, 0.6) is 11.5 Å². The van der Waals surface area contributed by atoms with Crippen LogP contribution in [-0.2, 0) is 11.2 Å². The minimum absolute atomic E-state index is 0.00499. The van der Waals surface area contributed by atoms with Crippen LogP contribution >= 0.6 is 11.6 Å². The van der Waals surface area contributed by atoms with Crippen LogP contribution in [0.1, 0.15) is 41.9 Å². The number of carbonyl (C=O) groups excluding carboxylic acids is 2. The van der Waals surface area contributed by atoms with Crippen LogP contribution in [0.2, 0.25) is 5.02 Å². The maximum Gasteiger partial charge on any atom is 0.387 e. The summed E-state index contributed by atoms with van der Waals surface area (Å²) in [6.45, 7) is 2.58. The first-order chi connectivity index (χ1) is 15.1. The SMILES string of the molecule is CCC(C)NC(=O)Cc1c(C)n(C(=O)c2ccc(OC(F)F)cc2)c2cc(Cl)c(O)cc12. The van der Waals surface area contributed by atoms with Crippen molar-refractivity contribution in [2.45, 2.75) is 46.3 Å². The van der Waals surface area contributed by atoms with Gasteiger partial charge in [0.25, 0.3) is 5.91 Å². The number of fused-ring (bicyclic) bond motifs is 1. The number of aromatic nitrogens is 1. The van der Waals surface area contributed by atoms with E-state index in [1.54, 1.807) is 6.92 Å². The van der Waals surface area contributed by atoms with Gasteiger partial charge in [0.15, 0.2) is 0 Å². The van der Waals surface area contributed by atoms with Crippen LogP contribution in [-0.4, -0.2) is 34.1 Å². The van der Waals surface area contributed by atoms with Crippen molar-refractivity contribution in [3.8, 4) is 11.5 Å². The molecule has 1 aromatic heterocycles. The molecule has 0 aliphatic carbocycles. The molecule has 1 heterocycles. The minimum atomic E-state index is -2.97. The van der Waals surface area contributed by atoms with Gasteiger partial charge in [-0.15, -0.1) is 0 Å². The number of ether oxygens (including phenoxy) is 1. The Morgan fingerprint density at radius 1 is 1.22 bits per heavy atom. The summed E-state index contributed by atoms with van der Waals surface area (Å²) in [5, 5.41) is 13.6. The zero-order chi connectivity index (χ0) is 23.6. The Hall–Kier alpha value is -3.13. The summed E-state index contributed by atoms with van der Waals surface area (Å²) in [5.74, 6) is -0.884. The summed E-state index contributed by atoms with van der Waals surface area (Å²) in [4.78, 5) is 25.8. The van der Waals surface area contributed by atoms with Gasteiger partial charge in [-0.3, -0.25) is 14.2 Å². The quantitative estimate of drug-likeness (QED) is 0.512. The monoisotopic (exact) mass is 464 g/mol. The average molecular weight is 465 g/mol. The second kappa shape index (κ2) is 9.56. The third-order valence-corrected chi connectivity index (χ3v) is 5.59. The minimum Gasteiger partial charge on any atom is -0.506 e. The number of phenols is 1. The van der Waals surface area contributed by atoms with Crippen molar-refractivity contribution in [2.75, 3.05) is 0 Å². The number of benzene rings is 2. The van der Waals surface area contributed by atoms with Gasteiger partial charge < -0.3 is 15.2 Å². The fourth-order valence-corrected chi connectivity index (χ4v) is 3.63. The Kier molecular flexibility index (Phi) is 7.03. The highest BCUT2D eigenvalue weighted by Crippen LogP contribution is 2.35. The molecule has 0 saturated heterocycles. The topological polar surface area (TPSA) is 80.6 Å². The van der Waals surface area contributed by atoms with Crippen LogP contribution in [0.15, 0.2) is 36.4 Å². The van der Waals surface area contributed by atoms with Gasteiger partial charge in [0.1, 0.15) is 11.5 Å². The van der Waals surface area contributed by atoms with Crippen LogP contribution in [0.25, 0.3) is 10.9 Å². The van der Waals surface area contributed by atoms with E-state index < -0.39 is 12.5 Å². The zero-order valence-electron chi connectivity index (χ0n) is 17.8. The summed E-state index contributed by atoms with van der Waals surface area (Å²) in [6.07, 6.45) is 0.780. The Morgan fingerprint density at radius 3 is 2.47 bits per heavy atom. The average Bonchev–Trinajstić information content (AvgIpc) is 2.98. The molecule has 170 valence electrons. The number of aromatic hydroxyl groups is 1. The number of hydrogen-bond acceptors (Lipinski definition) is 4. The van der Waals surface area contributed by atoms with Crippen molar-refractivity contribution in [3.63, 3.8) is 0 Å². The Morgan fingerprint density at radius 2 is 1.88 bits per heavy atom. The third kappa shape index (κ3) is 4.85. The van der Waals surface area contributed by atoms with E-state index in [1.165, 1.54) is 41.0 Å². The molecule has 0 saturated carbocycles. The highest BCUT2D eigenvalue weighted by Gasteiger charge is 2.23. The molecular formula is C23H23ClF2N2O4. The Labute approximate surface area is 188 Å².